The van der Waals surface area contributed by atoms with Crippen molar-refractivity contribution in [3.8, 4) is 17.2 Å². The number of hydrogen-bond donors (Lipinski definition) is 2. The minimum Gasteiger partial charge on any atom is -0.497 e. The molecule has 1 aliphatic rings. The van der Waals surface area contributed by atoms with Crippen molar-refractivity contribution >= 4 is 17.5 Å². The number of anilines is 1. The van der Waals surface area contributed by atoms with Crippen molar-refractivity contribution < 1.29 is 23.8 Å². The predicted octanol–water partition coefficient (Wildman–Crippen LogP) is 2.15. The molecule has 0 unspecified atom stereocenters. The first-order valence-electron chi connectivity index (χ1n) is 8.73. The minimum atomic E-state index is -0.304. The molecule has 2 N–H and O–H groups in total. The topological polar surface area (TPSA) is 85.9 Å². The average molecular weight is 370 g/mol. The molecule has 2 aromatic rings. The lowest BCUT2D eigenvalue weighted by atomic mass is 10.1. The van der Waals surface area contributed by atoms with Crippen LogP contribution in [0.25, 0.3) is 0 Å². The molecular formula is C20H22N2O5. The van der Waals surface area contributed by atoms with Gasteiger partial charge < -0.3 is 24.8 Å². The minimum absolute atomic E-state index is 0.0919. The maximum absolute atomic E-state index is 12.0. The van der Waals surface area contributed by atoms with E-state index in [0.29, 0.717) is 43.2 Å². The van der Waals surface area contributed by atoms with Gasteiger partial charge in [0.05, 0.1) is 13.7 Å². The molecule has 0 aliphatic carbocycles. The standard InChI is InChI=1S/C20H22N2O5/c1-25-16-4-2-3-14(11-16)5-8-19(23)21-13-20(24)22-15-6-7-17-18(12-15)27-10-9-26-17/h2-4,6-7,11-12H,5,8-10,13H2,1H3,(H,21,23)(H,22,24). The van der Waals surface area contributed by atoms with E-state index in [9.17, 15) is 9.59 Å². The molecule has 7 heteroatoms. The van der Waals surface area contributed by atoms with Crippen LogP contribution in [-0.4, -0.2) is 38.7 Å². The fourth-order valence-electron chi connectivity index (χ4n) is 2.68. The second-order valence-corrected chi connectivity index (χ2v) is 6.03. The van der Waals surface area contributed by atoms with E-state index in [1.807, 2.05) is 24.3 Å². The van der Waals surface area contributed by atoms with Crippen LogP contribution in [0.3, 0.4) is 0 Å². The zero-order valence-corrected chi connectivity index (χ0v) is 15.1. The number of rotatable bonds is 7. The zero-order valence-electron chi connectivity index (χ0n) is 15.1. The summed E-state index contributed by atoms with van der Waals surface area (Å²) in [7, 11) is 1.60. The Kier molecular flexibility index (Phi) is 6.14. The Morgan fingerprint density at radius 2 is 1.85 bits per heavy atom. The van der Waals surface area contributed by atoms with Crippen LogP contribution in [-0.2, 0) is 16.0 Å². The van der Waals surface area contributed by atoms with E-state index >= 15 is 0 Å². The summed E-state index contributed by atoms with van der Waals surface area (Å²) in [6.07, 6.45) is 0.872. The predicted molar refractivity (Wildman–Crippen MR) is 100 cm³/mol. The zero-order chi connectivity index (χ0) is 19.1. The highest BCUT2D eigenvalue weighted by Gasteiger charge is 2.13. The third-order valence-electron chi connectivity index (χ3n) is 4.05. The van der Waals surface area contributed by atoms with Crippen molar-refractivity contribution in [2.75, 3.05) is 32.2 Å². The van der Waals surface area contributed by atoms with E-state index in [4.69, 9.17) is 14.2 Å². The first kappa shape index (κ1) is 18.6. The molecule has 2 aromatic carbocycles. The second kappa shape index (κ2) is 8.93. The van der Waals surface area contributed by atoms with E-state index in [-0.39, 0.29) is 18.4 Å². The van der Waals surface area contributed by atoms with E-state index < -0.39 is 0 Å². The summed E-state index contributed by atoms with van der Waals surface area (Å²) in [4.78, 5) is 24.0. The summed E-state index contributed by atoms with van der Waals surface area (Å²) in [5.41, 5.74) is 1.60. The third kappa shape index (κ3) is 5.37. The van der Waals surface area contributed by atoms with Crippen LogP contribution < -0.4 is 24.8 Å². The maximum Gasteiger partial charge on any atom is 0.243 e. The number of carbonyl (C=O) groups is 2. The molecule has 27 heavy (non-hydrogen) atoms. The van der Waals surface area contributed by atoms with Crippen molar-refractivity contribution in [1.82, 2.24) is 5.32 Å². The number of fused-ring (bicyclic) bond motifs is 1. The molecule has 0 radical (unpaired) electrons. The highest BCUT2D eigenvalue weighted by atomic mass is 16.6. The van der Waals surface area contributed by atoms with Crippen molar-refractivity contribution in [3.63, 3.8) is 0 Å². The molecule has 2 amide bonds. The molecule has 0 saturated carbocycles. The van der Waals surface area contributed by atoms with Gasteiger partial charge in [-0.05, 0) is 36.2 Å². The largest absolute Gasteiger partial charge is 0.497 e. The fourth-order valence-corrected chi connectivity index (χ4v) is 2.68. The maximum atomic E-state index is 12.0. The van der Waals surface area contributed by atoms with Crippen molar-refractivity contribution in [1.29, 1.82) is 0 Å². The van der Waals surface area contributed by atoms with Gasteiger partial charge in [-0.15, -0.1) is 0 Å². The third-order valence-corrected chi connectivity index (χ3v) is 4.05. The van der Waals surface area contributed by atoms with Gasteiger partial charge >= 0.3 is 0 Å². The molecule has 3 rings (SSSR count). The number of benzene rings is 2. The second-order valence-electron chi connectivity index (χ2n) is 6.03. The quantitative estimate of drug-likeness (QED) is 0.780. The molecule has 7 nitrogen and oxygen atoms in total. The highest BCUT2D eigenvalue weighted by molar-refractivity contribution is 5.94. The number of aryl methyl sites for hydroxylation is 1. The molecule has 142 valence electrons. The van der Waals surface area contributed by atoms with Gasteiger partial charge in [0.1, 0.15) is 19.0 Å². The van der Waals surface area contributed by atoms with E-state index in [2.05, 4.69) is 10.6 Å². The van der Waals surface area contributed by atoms with Crippen LogP contribution in [0, 0.1) is 0 Å². The lowest BCUT2D eigenvalue weighted by Crippen LogP contribution is -2.33. The number of methoxy groups -OCH3 is 1. The summed E-state index contributed by atoms with van der Waals surface area (Å²) in [6.45, 7) is 0.902. The van der Waals surface area contributed by atoms with Gasteiger partial charge in [0, 0.05) is 18.2 Å². The molecule has 0 saturated heterocycles. The monoisotopic (exact) mass is 370 g/mol. The van der Waals surface area contributed by atoms with Gasteiger partial charge in [-0.1, -0.05) is 12.1 Å². The smallest absolute Gasteiger partial charge is 0.243 e. The summed E-state index contributed by atoms with van der Waals surface area (Å²) >= 11 is 0. The van der Waals surface area contributed by atoms with Gasteiger partial charge in [-0.25, -0.2) is 0 Å². The number of carbonyl (C=O) groups excluding carboxylic acids is 2. The van der Waals surface area contributed by atoms with Crippen LogP contribution in [0.5, 0.6) is 17.2 Å². The van der Waals surface area contributed by atoms with Crippen LogP contribution in [0.15, 0.2) is 42.5 Å². The summed E-state index contributed by atoms with van der Waals surface area (Å²) in [5, 5.41) is 5.36. The van der Waals surface area contributed by atoms with Gasteiger partial charge in [-0.2, -0.15) is 0 Å². The number of ether oxygens (including phenoxy) is 3. The van der Waals surface area contributed by atoms with Crippen LogP contribution in [0.2, 0.25) is 0 Å². The van der Waals surface area contributed by atoms with Crippen molar-refractivity contribution in [2.45, 2.75) is 12.8 Å². The van der Waals surface area contributed by atoms with Crippen LogP contribution in [0.1, 0.15) is 12.0 Å². The number of nitrogens with one attached hydrogen (secondary N) is 2. The SMILES string of the molecule is COc1cccc(CCC(=O)NCC(=O)Nc2ccc3c(c2)OCCO3)c1. The van der Waals surface area contributed by atoms with Crippen LogP contribution >= 0.6 is 0 Å². The van der Waals surface area contributed by atoms with E-state index in [0.717, 1.165) is 11.3 Å². The van der Waals surface area contributed by atoms with E-state index in [1.54, 1.807) is 25.3 Å². The van der Waals surface area contributed by atoms with Gasteiger partial charge in [0.15, 0.2) is 11.5 Å². The van der Waals surface area contributed by atoms with Gasteiger partial charge in [0.2, 0.25) is 11.8 Å². The summed E-state index contributed by atoms with van der Waals surface area (Å²) in [5.74, 6) is 1.52. The number of amides is 2. The Hall–Kier alpha value is -3.22. The lowest BCUT2D eigenvalue weighted by Gasteiger charge is -2.19. The number of hydrogen-bond acceptors (Lipinski definition) is 5. The molecule has 1 aliphatic heterocycles. The Bertz CT molecular complexity index is 822. The van der Waals surface area contributed by atoms with Crippen molar-refractivity contribution in [3.05, 3.63) is 48.0 Å². The molecular weight excluding hydrogens is 348 g/mol. The molecule has 0 spiro atoms. The normalized spacial score (nSPS) is 12.2. The van der Waals surface area contributed by atoms with Gasteiger partial charge in [0.25, 0.3) is 0 Å². The van der Waals surface area contributed by atoms with E-state index in [1.165, 1.54) is 0 Å². The molecule has 0 aromatic heterocycles. The first-order chi connectivity index (χ1) is 13.1. The fraction of sp³-hybridized carbons (Fsp3) is 0.300. The first-order valence-corrected chi connectivity index (χ1v) is 8.73. The molecule has 0 bridgehead atoms. The molecule has 0 atom stereocenters. The molecule has 0 fully saturated rings. The summed E-state index contributed by atoms with van der Waals surface area (Å²) in [6, 6.07) is 12.7. The lowest BCUT2D eigenvalue weighted by molar-refractivity contribution is -0.124. The van der Waals surface area contributed by atoms with Gasteiger partial charge in [-0.3, -0.25) is 9.59 Å². The van der Waals surface area contributed by atoms with Crippen LogP contribution in [0.4, 0.5) is 5.69 Å². The Labute approximate surface area is 157 Å². The Balaban J connectivity index is 1.42. The highest BCUT2D eigenvalue weighted by Crippen LogP contribution is 2.32. The summed E-state index contributed by atoms with van der Waals surface area (Å²) < 4.78 is 16.1. The Morgan fingerprint density at radius 1 is 1.04 bits per heavy atom. The molecule has 1 heterocycles. The average Bonchev–Trinajstić information content (AvgIpc) is 2.71. The van der Waals surface area contributed by atoms with Crippen molar-refractivity contribution in [2.24, 2.45) is 0 Å². The Morgan fingerprint density at radius 3 is 2.67 bits per heavy atom.